The van der Waals surface area contributed by atoms with E-state index in [1.165, 1.54) is 19.2 Å². The molecule has 1 aromatic heterocycles. The number of nitrogens with zero attached hydrogens (tertiary/aromatic N) is 1. The number of ether oxygens (including phenoxy) is 2. The van der Waals surface area contributed by atoms with E-state index in [1.807, 2.05) is 18.2 Å². The molecule has 8 nitrogen and oxygen atoms in total. The second-order valence-corrected chi connectivity index (χ2v) is 7.40. The summed E-state index contributed by atoms with van der Waals surface area (Å²) in [7, 11) is 1.44. The lowest BCUT2D eigenvalue weighted by Gasteiger charge is -2.19. The van der Waals surface area contributed by atoms with Gasteiger partial charge in [-0.2, -0.15) is 0 Å². The number of carbonyl (C=O) groups excluding carboxylic acids is 1. The van der Waals surface area contributed by atoms with Crippen LogP contribution in [0.4, 0.5) is 10.1 Å². The number of hydrogen-bond donors (Lipinski definition) is 4. The number of hydrogen-bond acceptors (Lipinski definition) is 6. The van der Waals surface area contributed by atoms with E-state index >= 15 is 0 Å². The van der Waals surface area contributed by atoms with Crippen molar-refractivity contribution in [1.29, 1.82) is 5.41 Å². The van der Waals surface area contributed by atoms with Crippen LogP contribution in [0.25, 0.3) is 0 Å². The summed E-state index contributed by atoms with van der Waals surface area (Å²) in [5.74, 6) is -0.775. The van der Waals surface area contributed by atoms with E-state index in [-0.39, 0.29) is 24.6 Å². The minimum absolute atomic E-state index is 0.0668. The minimum Gasteiger partial charge on any atom is -0.497 e. The van der Waals surface area contributed by atoms with Crippen molar-refractivity contribution in [2.24, 2.45) is 5.73 Å². The quantitative estimate of drug-likeness (QED) is 0.254. The number of rotatable bonds is 11. The Labute approximate surface area is 197 Å². The zero-order valence-corrected chi connectivity index (χ0v) is 19.1. The number of benzene rings is 2. The van der Waals surface area contributed by atoms with Crippen molar-refractivity contribution >= 4 is 17.4 Å². The number of pyridine rings is 1. The zero-order valence-electron chi connectivity index (χ0n) is 19.1. The van der Waals surface area contributed by atoms with Crippen LogP contribution < -0.4 is 21.1 Å². The number of methoxy groups -OCH3 is 1. The number of carbonyl (C=O) groups is 1. The van der Waals surface area contributed by atoms with Gasteiger partial charge in [0.05, 0.1) is 19.3 Å². The summed E-state index contributed by atoms with van der Waals surface area (Å²) in [5, 5.41) is 13.8. The van der Waals surface area contributed by atoms with Gasteiger partial charge in [-0.1, -0.05) is 18.2 Å². The van der Waals surface area contributed by atoms with E-state index in [0.29, 0.717) is 23.5 Å². The highest BCUT2D eigenvalue weighted by Crippen LogP contribution is 2.25. The second-order valence-electron chi connectivity index (χ2n) is 7.40. The standard InChI is InChI=1S/C25H28FN5O3/c1-3-34-23(20-10-9-19(33-2)13-21(20)26)25(32)31-14-17-8-7-16(24(27)28)12-22(17)30-15-18-6-4-5-11-29-18/h4-13,23,30H,3,14-15H2,1-2H3,(H3,27,28)(H,31,32)/t23-/m1/s1. The highest BCUT2D eigenvalue weighted by molar-refractivity contribution is 5.96. The first-order chi connectivity index (χ1) is 16.4. The predicted molar refractivity (Wildman–Crippen MR) is 128 cm³/mol. The highest BCUT2D eigenvalue weighted by Gasteiger charge is 2.24. The van der Waals surface area contributed by atoms with Crippen molar-refractivity contribution in [1.82, 2.24) is 10.3 Å². The third kappa shape index (κ3) is 6.29. The Balaban J connectivity index is 1.77. The largest absolute Gasteiger partial charge is 0.497 e. The average Bonchev–Trinajstić information content (AvgIpc) is 2.85. The molecule has 0 aliphatic heterocycles. The number of amides is 1. The Kier molecular flexibility index (Phi) is 8.53. The number of amidine groups is 1. The van der Waals surface area contributed by atoms with Crippen molar-refractivity contribution in [3.05, 3.63) is 89.0 Å². The van der Waals surface area contributed by atoms with E-state index in [9.17, 15) is 9.18 Å². The summed E-state index contributed by atoms with van der Waals surface area (Å²) in [6.07, 6.45) is 0.591. The molecule has 0 spiro atoms. The van der Waals surface area contributed by atoms with Crippen molar-refractivity contribution in [2.45, 2.75) is 26.1 Å². The average molecular weight is 466 g/mol. The smallest absolute Gasteiger partial charge is 0.254 e. The van der Waals surface area contributed by atoms with Crippen molar-refractivity contribution in [3.63, 3.8) is 0 Å². The predicted octanol–water partition coefficient (Wildman–Crippen LogP) is 3.52. The molecule has 0 radical (unpaired) electrons. The Morgan fingerprint density at radius 3 is 2.65 bits per heavy atom. The molecule has 5 N–H and O–H groups in total. The fourth-order valence-corrected chi connectivity index (χ4v) is 3.35. The molecule has 3 rings (SSSR count). The summed E-state index contributed by atoms with van der Waals surface area (Å²) in [6, 6.07) is 15.1. The number of aromatic nitrogens is 1. The molecule has 1 amide bonds. The maximum Gasteiger partial charge on any atom is 0.254 e. The molecular formula is C25H28FN5O3. The molecule has 3 aromatic rings. The van der Waals surface area contributed by atoms with E-state index < -0.39 is 17.8 Å². The van der Waals surface area contributed by atoms with Crippen LogP contribution in [0.2, 0.25) is 0 Å². The summed E-state index contributed by atoms with van der Waals surface area (Å²) in [5.41, 5.74) is 8.61. The van der Waals surface area contributed by atoms with Gasteiger partial charge in [0.25, 0.3) is 5.91 Å². The van der Waals surface area contributed by atoms with Crippen LogP contribution in [0.3, 0.4) is 0 Å². The Morgan fingerprint density at radius 1 is 1.18 bits per heavy atom. The molecule has 0 fully saturated rings. The fraction of sp³-hybridized carbons (Fsp3) is 0.240. The molecule has 1 heterocycles. The summed E-state index contributed by atoms with van der Waals surface area (Å²) in [6.45, 7) is 2.57. The minimum atomic E-state index is -1.11. The van der Waals surface area contributed by atoms with Gasteiger partial charge in [-0.05, 0) is 42.8 Å². The van der Waals surface area contributed by atoms with Crippen LogP contribution in [0.15, 0.2) is 60.8 Å². The van der Waals surface area contributed by atoms with Gasteiger partial charge < -0.3 is 25.8 Å². The van der Waals surface area contributed by atoms with E-state index in [0.717, 1.165) is 11.3 Å². The molecule has 9 heteroatoms. The van der Waals surface area contributed by atoms with Crippen LogP contribution in [0, 0.1) is 11.2 Å². The third-order valence-electron chi connectivity index (χ3n) is 5.12. The van der Waals surface area contributed by atoms with Gasteiger partial charge in [-0.15, -0.1) is 0 Å². The number of nitrogen functional groups attached to an aromatic ring is 1. The lowest BCUT2D eigenvalue weighted by Crippen LogP contribution is -2.31. The molecule has 0 bridgehead atoms. The van der Waals surface area contributed by atoms with Crippen LogP contribution in [0.5, 0.6) is 5.75 Å². The maximum atomic E-state index is 14.6. The molecule has 178 valence electrons. The van der Waals surface area contributed by atoms with Gasteiger partial charge >= 0.3 is 0 Å². The van der Waals surface area contributed by atoms with Crippen LogP contribution >= 0.6 is 0 Å². The number of halogens is 1. The molecule has 34 heavy (non-hydrogen) atoms. The fourth-order valence-electron chi connectivity index (χ4n) is 3.35. The summed E-state index contributed by atoms with van der Waals surface area (Å²) < 4.78 is 25.2. The number of nitrogens with two attached hydrogens (primary N) is 1. The molecule has 0 saturated heterocycles. The van der Waals surface area contributed by atoms with Gasteiger partial charge in [0.2, 0.25) is 0 Å². The van der Waals surface area contributed by atoms with Gasteiger partial charge in [0.15, 0.2) is 6.10 Å². The van der Waals surface area contributed by atoms with Crippen molar-refractivity contribution in [2.75, 3.05) is 19.0 Å². The van der Waals surface area contributed by atoms with Crippen LogP contribution in [0.1, 0.15) is 35.4 Å². The Bertz CT molecular complexity index is 1140. The van der Waals surface area contributed by atoms with Crippen LogP contribution in [-0.2, 0) is 22.6 Å². The third-order valence-corrected chi connectivity index (χ3v) is 5.12. The highest BCUT2D eigenvalue weighted by atomic mass is 19.1. The molecule has 0 aliphatic carbocycles. The summed E-state index contributed by atoms with van der Waals surface area (Å²) >= 11 is 0. The topological polar surface area (TPSA) is 122 Å². The van der Waals surface area contributed by atoms with Crippen LogP contribution in [-0.4, -0.2) is 30.4 Å². The molecule has 2 aromatic carbocycles. The number of anilines is 1. The Hall–Kier alpha value is -3.98. The van der Waals surface area contributed by atoms with Crippen molar-refractivity contribution in [3.8, 4) is 5.75 Å². The molecule has 0 saturated carbocycles. The lowest BCUT2D eigenvalue weighted by atomic mass is 10.1. The number of nitrogens with one attached hydrogen (secondary N) is 3. The van der Waals surface area contributed by atoms with E-state index in [2.05, 4.69) is 15.6 Å². The van der Waals surface area contributed by atoms with Gasteiger partial charge in [0.1, 0.15) is 17.4 Å². The molecule has 0 aliphatic rings. The lowest BCUT2D eigenvalue weighted by molar-refractivity contribution is -0.133. The maximum absolute atomic E-state index is 14.6. The second kappa shape index (κ2) is 11.8. The first kappa shape index (κ1) is 24.7. The van der Waals surface area contributed by atoms with Crippen molar-refractivity contribution < 1.29 is 18.7 Å². The monoisotopic (exact) mass is 465 g/mol. The zero-order chi connectivity index (χ0) is 24.5. The molecular weight excluding hydrogens is 437 g/mol. The Morgan fingerprint density at radius 2 is 2.00 bits per heavy atom. The molecule has 0 unspecified atom stereocenters. The first-order valence-electron chi connectivity index (χ1n) is 10.8. The van der Waals surface area contributed by atoms with E-state index in [4.69, 9.17) is 20.6 Å². The van der Waals surface area contributed by atoms with Gasteiger partial charge in [0, 0.05) is 42.2 Å². The van der Waals surface area contributed by atoms with Gasteiger partial charge in [-0.3, -0.25) is 15.2 Å². The summed E-state index contributed by atoms with van der Waals surface area (Å²) in [4.78, 5) is 17.3. The van der Waals surface area contributed by atoms with E-state index in [1.54, 1.807) is 37.4 Å². The van der Waals surface area contributed by atoms with Gasteiger partial charge in [-0.25, -0.2) is 4.39 Å². The SMILES string of the molecule is CCO[C@@H](C(=O)NCc1ccc(C(=N)N)cc1NCc1ccccn1)c1ccc(OC)cc1F. The normalized spacial score (nSPS) is 11.5. The molecule has 1 atom stereocenters. The first-order valence-corrected chi connectivity index (χ1v) is 10.8.